The van der Waals surface area contributed by atoms with Gasteiger partial charge in [-0.05, 0) is 24.3 Å². The molecule has 0 fully saturated rings. The normalized spacial score (nSPS) is 10.4. The number of nitro benzene ring substituents is 1. The molecule has 25 heavy (non-hydrogen) atoms. The fourth-order valence-corrected chi connectivity index (χ4v) is 2.31. The van der Waals surface area contributed by atoms with Gasteiger partial charge in [0.1, 0.15) is 0 Å². The number of ether oxygens (including phenoxy) is 1. The Kier molecular flexibility index (Phi) is 4.12. The van der Waals surface area contributed by atoms with E-state index in [0.29, 0.717) is 5.69 Å². The first kappa shape index (κ1) is 16.1. The van der Waals surface area contributed by atoms with Crippen molar-refractivity contribution in [3.63, 3.8) is 0 Å². The molecule has 1 aromatic heterocycles. The standard InChI is InChI=1S/C16H12N4O5/c1-25-16(22)10-4-9(6-13(7-10)20(23)24)15(21)18-12-2-3-14-11(5-12)8-17-19-14/h2-8H,1H3,(H,17,19)(H,18,21). The van der Waals surface area contributed by atoms with Gasteiger partial charge in [0.25, 0.3) is 11.6 Å². The Hall–Kier alpha value is -3.75. The molecule has 1 heterocycles. The number of carbonyl (C=O) groups is 2. The third-order valence-electron chi connectivity index (χ3n) is 3.51. The summed E-state index contributed by atoms with van der Waals surface area (Å²) in [5, 5.41) is 21.1. The zero-order valence-electron chi connectivity index (χ0n) is 13.0. The largest absolute Gasteiger partial charge is 0.465 e. The summed E-state index contributed by atoms with van der Waals surface area (Å²) in [5.74, 6) is -1.35. The van der Waals surface area contributed by atoms with Crippen LogP contribution in [0, 0.1) is 10.1 Å². The van der Waals surface area contributed by atoms with E-state index in [-0.39, 0.29) is 16.8 Å². The van der Waals surface area contributed by atoms with Crippen LogP contribution in [0.25, 0.3) is 10.9 Å². The van der Waals surface area contributed by atoms with Crippen LogP contribution < -0.4 is 5.32 Å². The number of anilines is 1. The number of H-pyrrole nitrogens is 1. The Balaban J connectivity index is 1.93. The van der Waals surface area contributed by atoms with Crippen molar-refractivity contribution in [2.75, 3.05) is 12.4 Å². The lowest BCUT2D eigenvalue weighted by molar-refractivity contribution is -0.384. The smallest absolute Gasteiger partial charge is 0.338 e. The van der Waals surface area contributed by atoms with Crippen molar-refractivity contribution in [3.8, 4) is 0 Å². The number of hydrogen-bond acceptors (Lipinski definition) is 6. The van der Waals surface area contributed by atoms with Crippen LogP contribution in [0.1, 0.15) is 20.7 Å². The SMILES string of the molecule is COC(=O)c1cc(C(=O)Nc2ccc3[nH]ncc3c2)cc([N+](=O)[O-])c1. The third-order valence-corrected chi connectivity index (χ3v) is 3.51. The third kappa shape index (κ3) is 3.29. The summed E-state index contributed by atoms with van der Waals surface area (Å²) >= 11 is 0. The highest BCUT2D eigenvalue weighted by atomic mass is 16.6. The van der Waals surface area contributed by atoms with E-state index in [1.165, 1.54) is 6.07 Å². The number of non-ortho nitro benzene ring substituents is 1. The van der Waals surface area contributed by atoms with Crippen molar-refractivity contribution in [3.05, 3.63) is 63.8 Å². The summed E-state index contributed by atoms with van der Waals surface area (Å²) in [6.07, 6.45) is 1.60. The van der Waals surface area contributed by atoms with Crippen molar-refractivity contribution in [1.82, 2.24) is 10.2 Å². The summed E-state index contributed by atoms with van der Waals surface area (Å²) in [7, 11) is 1.15. The molecule has 1 amide bonds. The Labute approximate surface area is 140 Å². The number of hydrogen-bond donors (Lipinski definition) is 2. The quantitative estimate of drug-likeness (QED) is 0.427. The number of methoxy groups -OCH3 is 1. The van der Waals surface area contributed by atoms with E-state index in [4.69, 9.17) is 0 Å². The zero-order chi connectivity index (χ0) is 18.0. The van der Waals surface area contributed by atoms with Crippen LogP contribution in [0.15, 0.2) is 42.6 Å². The molecule has 9 heteroatoms. The molecular formula is C16H12N4O5. The lowest BCUT2D eigenvalue weighted by Crippen LogP contribution is -2.14. The number of benzene rings is 2. The van der Waals surface area contributed by atoms with E-state index in [1.807, 2.05) is 0 Å². The number of aromatic nitrogens is 2. The zero-order valence-corrected chi connectivity index (χ0v) is 13.0. The molecule has 3 aromatic rings. The molecule has 2 N–H and O–H groups in total. The molecular weight excluding hydrogens is 328 g/mol. The Bertz CT molecular complexity index is 995. The Morgan fingerprint density at radius 1 is 1.20 bits per heavy atom. The number of nitrogens with zero attached hydrogens (tertiary/aromatic N) is 2. The van der Waals surface area contributed by atoms with Gasteiger partial charge in [0.2, 0.25) is 0 Å². The maximum absolute atomic E-state index is 12.4. The van der Waals surface area contributed by atoms with Gasteiger partial charge in [0, 0.05) is 28.8 Å². The molecule has 3 rings (SSSR count). The molecule has 0 radical (unpaired) electrons. The van der Waals surface area contributed by atoms with Gasteiger partial charge in [-0.2, -0.15) is 5.10 Å². The fourth-order valence-electron chi connectivity index (χ4n) is 2.31. The summed E-state index contributed by atoms with van der Waals surface area (Å²) in [6, 6.07) is 8.50. The lowest BCUT2D eigenvalue weighted by atomic mass is 10.1. The second-order valence-electron chi connectivity index (χ2n) is 5.14. The molecule has 0 saturated carbocycles. The minimum absolute atomic E-state index is 0.0260. The average Bonchev–Trinajstić information content (AvgIpc) is 3.08. The molecule has 9 nitrogen and oxygen atoms in total. The van der Waals surface area contributed by atoms with Crippen molar-refractivity contribution >= 4 is 34.2 Å². The second-order valence-corrected chi connectivity index (χ2v) is 5.14. The molecule has 0 spiro atoms. The van der Waals surface area contributed by atoms with Crippen LogP contribution in [-0.4, -0.2) is 34.1 Å². The van der Waals surface area contributed by atoms with Gasteiger partial charge in [-0.15, -0.1) is 0 Å². The van der Waals surface area contributed by atoms with Crippen LogP contribution in [-0.2, 0) is 4.74 Å². The summed E-state index contributed by atoms with van der Waals surface area (Å²) < 4.78 is 4.56. The number of nitrogens with one attached hydrogen (secondary N) is 2. The van der Waals surface area contributed by atoms with Gasteiger partial charge in [0.05, 0.1) is 29.3 Å². The van der Waals surface area contributed by atoms with Crippen LogP contribution in [0.2, 0.25) is 0 Å². The van der Waals surface area contributed by atoms with E-state index in [9.17, 15) is 19.7 Å². The van der Waals surface area contributed by atoms with E-state index < -0.39 is 16.8 Å². The summed E-state index contributed by atoms with van der Waals surface area (Å²) in [4.78, 5) is 34.4. The second kappa shape index (κ2) is 6.40. The molecule has 0 aliphatic heterocycles. The lowest BCUT2D eigenvalue weighted by Gasteiger charge is -2.07. The van der Waals surface area contributed by atoms with E-state index >= 15 is 0 Å². The molecule has 0 bridgehead atoms. The number of nitro groups is 1. The first-order chi connectivity index (χ1) is 12.0. The minimum atomic E-state index is -0.766. The fraction of sp³-hybridized carbons (Fsp3) is 0.0625. The van der Waals surface area contributed by atoms with Crippen molar-refractivity contribution in [1.29, 1.82) is 0 Å². The molecule has 0 unspecified atom stereocenters. The van der Waals surface area contributed by atoms with Gasteiger partial charge >= 0.3 is 5.97 Å². The Morgan fingerprint density at radius 3 is 2.68 bits per heavy atom. The number of fused-ring (bicyclic) bond motifs is 1. The molecule has 2 aromatic carbocycles. The number of aromatic amines is 1. The van der Waals surface area contributed by atoms with Gasteiger partial charge in [-0.3, -0.25) is 20.0 Å². The minimum Gasteiger partial charge on any atom is -0.465 e. The van der Waals surface area contributed by atoms with E-state index in [1.54, 1.807) is 24.4 Å². The number of esters is 1. The summed E-state index contributed by atoms with van der Waals surface area (Å²) in [5.41, 5.74) is 0.818. The number of amides is 1. The molecule has 0 aliphatic carbocycles. The maximum Gasteiger partial charge on any atom is 0.338 e. The van der Waals surface area contributed by atoms with Gasteiger partial charge in [-0.1, -0.05) is 0 Å². The summed E-state index contributed by atoms with van der Waals surface area (Å²) in [6.45, 7) is 0. The highest BCUT2D eigenvalue weighted by molar-refractivity contribution is 6.07. The monoisotopic (exact) mass is 340 g/mol. The molecule has 0 atom stereocenters. The number of rotatable bonds is 4. The van der Waals surface area contributed by atoms with E-state index in [0.717, 1.165) is 30.1 Å². The van der Waals surface area contributed by atoms with Crippen LogP contribution >= 0.6 is 0 Å². The first-order valence-corrected chi connectivity index (χ1v) is 7.10. The van der Waals surface area contributed by atoms with Crippen LogP contribution in [0.4, 0.5) is 11.4 Å². The molecule has 0 saturated heterocycles. The molecule has 0 aliphatic rings. The highest BCUT2D eigenvalue weighted by Gasteiger charge is 2.18. The van der Waals surface area contributed by atoms with Gasteiger partial charge in [-0.25, -0.2) is 4.79 Å². The average molecular weight is 340 g/mol. The molecule has 126 valence electrons. The van der Waals surface area contributed by atoms with Crippen molar-refractivity contribution in [2.45, 2.75) is 0 Å². The predicted octanol–water partition coefficient (Wildman–Crippen LogP) is 2.51. The topological polar surface area (TPSA) is 127 Å². The first-order valence-electron chi connectivity index (χ1n) is 7.10. The van der Waals surface area contributed by atoms with E-state index in [2.05, 4.69) is 20.3 Å². The van der Waals surface area contributed by atoms with Crippen LogP contribution in [0.5, 0.6) is 0 Å². The van der Waals surface area contributed by atoms with Crippen molar-refractivity contribution < 1.29 is 19.2 Å². The van der Waals surface area contributed by atoms with Gasteiger partial charge in [0.15, 0.2) is 0 Å². The van der Waals surface area contributed by atoms with Crippen LogP contribution in [0.3, 0.4) is 0 Å². The highest BCUT2D eigenvalue weighted by Crippen LogP contribution is 2.21. The maximum atomic E-state index is 12.4. The van der Waals surface area contributed by atoms with Gasteiger partial charge < -0.3 is 10.1 Å². The predicted molar refractivity (Wildman–Crippen MR) is 88.5 cm³/mol. The Morgan fingerprint density at radius 2 is 1.96 bits per heavy atom. The van der Waals surface area contributed by atoms with Crippen molar-refractivity contribution in [2.24, 2.45) is 0 Å². The number of carbonyl (C=O) groups excluding carboxylic acids is 2.